The number of carbonyl (C=O) groups is 2. The normalized spacial score (nSPS) is 18.9. The third-order valence-electron chi connectivity index (χ3n) is 5.12. The summed E-state index contributed by atoms with van der Waals surface area (Å²) in [4.78, 5) is 32.8. The number of rotatable bonds is 8. The summed E-state index contributed by atoms with van der Waals surface area (Å²) in [7, 11) is 0. The molecule has 1 aliphatic carbocycles. The topological polar surface area (TPSA) is 72.0 Å². The molecule has 0 bridgehead atoms. The number of carbonyl (C=O) groups excluding carboxylic acids is 2. The zero-order valence-corrected chi connectivity index (χ0v) is 17.5. The van der Waals surface area contributed by atoms with Gasteiger partial charge in [-0.3, -0.25) is 14.6 Å². The summed E-state index contributed by atoms with van der Waals surface area (Å²) < 4.78 is 13.0. The highest BCUT2D eigenvalue weighted by Crippen LogP contribution is 2.34. The summed E-state index contributed by atoms with van der Waals surface area (Å²) in [6, 6.07) is 3.64. The molecule has 0 aromatic carbocycles. The van der Waals surface area contributed by atoms with Crippen molar-refractivity contribution < 1.29 is 14.0 Å². The molecule has 2 aromatic rings. The molecule has 156 valence electrons. The summed E-state index contributed by atoms with van der Waals surface area (Å²) in [5.74, 6) is -0.472. The van der Waals surface area contributed by atoms with E-state index in [1.165, 1.54) is 0 Å². The first kappa shape index (κ1) is 21.6. The Kier molecular flexibility index (Phi) is 6.55. The van der Waals surface area contributed by atoms with Gasteiger partial charge in [-0.2, -0.15) is 0 Å². The molecule has 1 fully saturated rings. The van der Waals surface area contributed by atoms with Gasteiger partial charge < -0.3 is 5.32 Å². The lowest BCUT2D eigenvalue weighted by Crippen LogP contribution is -2.15. The molecule has 0 aliphatic heterocycles. The number of halogens is 1. The van der Waals surface area contributed by atoms with Gasteiger partial charge in [-0.1, -0.05) is 19.6 Å². The monoisotopic (exact) mass is 407 g/mol. The first-order valence-corrected chi connectivity index (χ1v) is 10.1. The Morgan fingerprint density at radius 1 is 1.27 bits per heavy atom. The third-order valence-corrected chi connectivity index (χ3v) is 5.12. The Labute approximate surface area is 175 Å². The number of amides is 1. The van der Waals surface area contributed by atoms with E-state index in [0.29, 0.717) is 17.8 Å². The molecule has 0 spiro atoms. The van der Waals surface area contributed by atoms with Crippen molar-refractivity contribution in [1.82, 2.24) is 9.97 Å². The van der Waals surface area contributed by atoms with E-state index in [1.54, 1.807) is 24.5 Å². The number of Topliss-reactive ketones (excluding diaryl/α,β-unsaturated/α-hetero) is 1. The van der Waals surface area contributed by atoms with Gasteiger partial charge in [-0.25, -0.2) is 9.37 Å². The lowest BCUT2D eigenvalue weighted by molar-refractivity contribution is -0.117. The average molecular weight is 407 g/mol. The van der Waals surface area contributed by atoms with Crippen molar-refractivity contribution in [3.05, 3.63) is 60.1 Å². The van der Waals surface area contributed by atoms with Crippen molar-refractivity contribution in [1.29, 1.82) is 0 Å². The van der Waals surface area contributed by atoms with Gasteiger partial charge in [0.15, 0.2) is 5.78 Å². The number of nitrogens with one attached hydrogen (secondary N) is 1. The number of aromatic nitrogens is 2. The fourth-order valence-electron chi connectivity index (χ4n) is 3.29. The molecule has 6 heteroatoms. The van der Waals surface area contributed by atoms with Gasteiger partial charge in [-0.15, -0.1) is 0 Å². The van der Waals surface area contributed by atoms with Crippen LogP contribution in [0.15, 0.2) is 54.4 Å². The van der Waals surface area contributed by atoms with Gasteiger partial charge in [0, 0.05) is 35.2 Å². The van der Waals surface area contributed by atoms with Gasteiger partial charge in [0.25, 0.3) is 0 Å². The van der Waals surface area contributed by atoms with E-state index >= 15 is 0 Å². The van der Waals surface area contributed by atoms with Crippen LogP contribution in [0.3, 0.4) is 0 Å². The SMILES string of the molecule is C=C(/C=C(C)\C(=C/C)c1cc2cnc(NC(=O)C3CC3F)cc2cn1)C(=O)CCC. The number of hydrogen-bond acceptors (Lipinski definition) is 4. The van der Waals surface area contributed by atoms with Crippen LogP contribution in [0.2, 0.25) is 0 Å². The molecule has 2 unspecified atom stereocenters. The smallest absolute Gasteiger partial charge is 0.231 e. The second-order valence-electron chi connectivity index (χ2n) is 7.56. The highest BCUT2D eigenvalue weighted by atomic mass is 19.1. The van der Waals surface area contributed by atoms with E-state index in [9.17, 15) is 14.0 Å². The van der Waals surface area contributed by atoms with Crippen LogP contribution in [-0.4, -0.2) is 27.8 Å². The Bertz CT molecular complexity index is 1070. The molecule has 1 amide bonds. The molecule has 3 rings (SSSR count). The number of fused-ring (bicyclic) bond motifs is 1. The Balaban J connectivity index is 1.81. The van der Waals surface area contributed by atoms with E-state index < -0.39 is 12.1 Å². The maximum absolute atomic E-state index is 13.0. The fraction of sp³-hybridized carbons (Fsp3) is 0.333. The minimum Gasteiger partial charge on any atom is -0.310 e. The largest absolute Gasteiger partial charge is 0.310 e. The molecule has 1 saturated carbocycles. The molecule has 5 nitrogen and oxygen atoms in total. The van der Waals surface area contributed by atoms with Crippen LogP contribution in [-0.2, 0) is 9.59 Å². The van der Waals surface area contributed by atoms with Crippen molar-refractivity contribution >= 4 is 33.9 Å². The maximum Gasteiger partial charge on any atom is 0.231 e. The number of ketones is 1. The average Bonchev–Trinajstić information content (AvgIpc) is 3.45. The molecule has 1 aliphatic rings. The summed E-state index contributed by atoms with van der Waals surface area (Å²) in [5.41, 5.74) is 3.05. The number of hydrogen-bond donors (Lipinski definition) is 1. The molecule has 2 atom stereocenters. The van der Waals surface area contributed by atoms with E-state index in [4.69, 9.17) is 0 Å². The third kappa shape index (κ3) is 4.87. The van der Waals surface area contributed by atoms with Crippen LogP contribution >= 0.6 is 0 Å². The summed E-state index contributed by atoms with van der Waals surface area (Å²) in [6.07, 6.45) is 7.63. The first-order chi connectivity index (χ1) is 14.3. The molecule has 2 aromatic heterocycles. The number of pyridine rings is 2. The minimum absolute atomic E-state index is 0.0443. The summed E-state index contributed by atoms with van der Waals surface area (Å²) in [6.45, 7) is 9.70. The van der Waals surface area contributed by atoms with Gasteiger partial charge >= 0.3 is 0 Å². The zero-order chi connectivity index (χ0) is 21.8. The van der Waals surface area contributed by atoms with E-state index in [-0.39, 0.29) is 18.1 Å². The number of nitrogens with zero attached hydrogens (tertiary/aromatic N) is 2. The molecule has 30 heavy (non-hydrogen) atoms. The van der Waals surface area contributed by atoms with Crippen molar-refractivity contribution in [2.24, 2.45) is 5.92 Å². The van der Waals surface area contributed by atoms with Crippen molar-refractivity contribution in [2.45, 2.75) is 46.2 Å². The van der Waals surface area contributed by atoms with Crippen molar-refractivity contribution in [3.8, 4) is 0 Å². The van der Waals surface area contributed by atoms with Crippen LogP contribution in [0.5, 0.6) is 0 Å². The second kappa shape index (κ2) is 9.11. The molecule has 0 saturated heterocycles. The zero-order valence-electron chi connectivity index (χ0n) is 17.5. The standard InChI is InChI=1S/C24H26FN3O2/c1-5-7-22(29)15(4)8-14(3)18(6-2)21-9-16-13-27-23(10-17(16)12-26-21)28-24(30)19-11-20(19)25/h6,8-10,12-13,19-20H,4-5,7,11H2,1-3H3,(H,27,28,30)/b14-8-,18-6+. The Morgan fingerprint density at radius 3 is 2.57 bits per heavy atom. The summed E-state index contributed by atoms with van der Waals surface area (Å²) in [5, 5.41) is 4.33. The molecular weight excluding hydrogens is 381 g/mol. The first-order valence-electron chi connectivity index (χ1n) is 10.1. The summed E-state index contributed by atoms with van der Waals surface area (Å²) >= 11 is 0. The fourth-order valence-corrected chi connectivity index (χ4v) is 3.29. The lowest BCUT2D eigenvalue weighted by Gasteiger charge is -2.10. The van der Waals surface area contributed by atoms with Crippen LogP contribution < -0.4 is 5.32 Å². The van der Waals surface area contributed by atoms with Gasteiger partial charge in [0.2, 0.25) is 5.91 Å². The van der Waals surface area contributed by atoms with Gasteiger partial charge in [0.05, 0.1) is 11.6 Å². The Hall–Kier alpha value is -3.15. The number of allylic oxidation sites excluding steroid dienone is 5. The van der Waals surface area contributed by atoms with Crippen LogP contribution in [0.4, 0.5) is 10.2 Å². The molecular formula is C24H26FN3O2. The van der Waals surface area contributed by atoms with Crippen LogP contribution in [0.1, 0.15) is 45.7 Å². The lowest BCUT2D eigenvalue weighted by atomic mass is 9.98. The molecule has 0 radical (unpaired) electrons. The van der Waals surface area contributed by atoms with E-state index in [1.807, 2.05) is 32.9 Å². The van der Waals surface area contributed by atoms with Crippen molar-refractivity contribution in [3.63, 3.8) is 0 Å². The quantitative estimate of drug-likeness (QED) is 0.482. The van der Waals surface area contributed by atoms with Gasteiger partial charge in [0.1, 0.15) is 12.0 Å². The number of anilines is 1. The van der Waals surface area contributed by atoms with E-state index in [2.05, 4.69) is 21.9 Å². The van der Waals surface area contributed by atoms with Crippen LogP contribution in [0, 0.1) is 5.92 Å². The molecule has 2 heterocycles. The highest BCUT2D eigenvalue weighted by Gasteiger charge is 2.43. The predicted molar refractivity (Wildman–Crippen MR) is 118 cm³/mol. The molecule has 1 N–H and O–H groups in total. The maximum atomic E-state index is 13.0. The predicted octanol–water partition coefficient (Wildman–Crippen LogP) is 5.20. The Morgan fingerprint density at radius 2 is 1.93 bits per heavy atom. The highest BCUT2D eigenvalue weighted by molar-refractivity contribution is 5.99. The van der Waals surface area contributed by atoms with Crippen LogP contribution in [0.25, 0.3) is 16.3 Å². The van der Waals surface area contributed by atoms with Gasteiger partial charge in [-0.05, 0) is 56.0 Å². The minimum atomic E-state index is -1.04. The second-order valence-corrected chi connectivity index (χ2v) is 7.56. The van der Waals surface area contributed by atoms with E-state index in [0.717, 1.165) is 34.0 Å². The number of alkyl halides is 1. The van der Waals surface area contributed by atoms with Crippen molar-refractivity contribution in [2.75, 3.05) is 5.32 Å².